The Morgan fingerprint density at radius 2 is 2.11 bits per heavy atom. The van der Waals surface area contributed by atoms with Gasteiger partial charge in [-0.25, -0.2) is 4.68 Å². The zero-order chi connectivity index (χ0) is 12.8. The van der Waals surface area contributed by atoms with Crippen molar-refractivity contribution in [3.05, 3.63) is 36.3 Å². The monoisotopic (exact) mass is 253 g/mol. The summed E-state index contributed by atoms with van der Waals surface area (Å²) in [4.78, 5) is 4.04. The van der Waals surface area contributed by atoms with Crippen molar-refractivity contribution in [1.29, 1.82) is 0 Å². The molecule has 0 aromatic carbocycles. The van der Waals surface area contributed by atoms with E-state index in [-0.39, 0.29) is 5.82 Å². The summed E-state index contributed by atoms with van der Waals surface area (Å²) < 4.78 is 38.6. The number of pyridine rings is 1. The van der Waals surface area contributed by atoms with E-state index in [1.54, 1.807) is 18.3 Å². The Morgan fingerprint density at radius 3 is 2.83 bits per heavy atom. The summed E-state index contributed by atoms with van der Waals surface area (Å²) in [5, 5.41) is 9.51. The van der Waals surface area contributed by atoms with Gasteiger partial charge in [-0.15, -0.1) is 0 Å². The summed E-state index contributed by atoms with van der Waals surface area (Å²) in [6, 6.07) is 4.29. The van der Waals surface area contributed by atoms with Crippen molar-refractivity contribution in [2.45, 2.75) is 6.18 Å². The number of hydrogen-bond acceptors (Lipinski definition) is 3. The summed E-state index contributed by atoms with van der Waals surface area (Å²) >= 11 is 0. The van der Waals surface area contributed by atoms with Crippen LogP contribution in [0.4, 0.5) is 13.2 Å². The molecule has 0 fully saturated rings. The summed E-state index contributed by atoms with van der Waals surface area (Å²) in [6.07, 6.45) is -1.40. The molecule has 0 saturated heterocycles. The Hall–Kier alpha value is -2.38. The van der Waals surface area contributed by atoms with Crippen LogP contribution >= 0.6 is 0 Å². The average molecular weight is 253 g/mol. The van der Waals surface area contributed by atoms with Gasteiger partial charge in [0.2, 0.25) is 0 Å². The molecule has 0 saturated carbocycles. The molecule has 3 rings (SSSR count). The van der Waals surface area contributed by atoms with E-state index in [0.29, 0.717) is 11.0 Å². The number of halogens is 3. The fourth-order valence-electron chi connectivity index (χ4n) is 1.61. The third-order valence-corrected chi connectivity index (χ3v) is 2.43. The third kappa shape index (κ3) is 1.62. The fraction of sp³-hybridized carbons (Fsp3) is 0.100. The second-order valence-corrected chi connectivity index (χ2v) is 3.60. The second kappa shape index (κ2) is 3.56. The quantitative estimate of drug-likeness (QED) is 0.723. The van der Waals surface area contributed by atoms with Gasteiger partial charge in [0.25, 0.3) is 0 Å². The lowest BCUT2D eigenvalue weighted by Gasteiger charge is -2.00. The standard InChI is InChI=1S/C10H6F3N5/c11-10(12,13)8-4-9(17-16-8)18-7-2-1-3-14-6(7)5-15-18/h1-5H,(H,16,17). The van der Waals surface area contributed by atoms with Gasteiger partial charge in [0, 0.05) is 12.3 Å². The molecule has 3 heterocycles. The number of nitrogens with zero attached hydrogens (tertiary/aromatic N) is 4. The zero-order valence-electron chi connectivity index (χ0n) is 8.81. The van der Waals surface area contributed by atoms with E-state index in [0.717, 1.165) is 6.07 Å². The predicted octanol–water partition coefficient (Wildman–Crippen LogP) is 2.16. The molecular weight excluding hydrogens is 247 g/mol. The first-order valence-corrected chi connectivity index (χ1v) is 4.97. The number of fused-ring (bicyclic) bond motifs is 1. The molecular formula is C10H6F3N5. The molecule has 92 valence electrons. The van der Waals surface area contributed by atoms with Gasteiger partial charge in [-0.2, -0.15) is 23.4 Å². The van der Waals surface area contributed by atoms with Crippen LogP contribution in [0.3, 0.4) is 0 Å². The van der Waals surface area contributed by atoms with Gasteiger partial charge >= 0.3 is 6.18 Å². The van der Waals surface area contributed by atoms with Crippen LogP contribution in [0.1, 0.15) is 5.69 Å². The molecule has 1 N–H and O–H groups in total. The molecule has 0 amide bonds. The molecule has 0 bridgehead atoms. The molecule has 0 aliphatic rings. The maximum Gasteiger partial charge on any atom is 0.432 e. The molecule has 5 nitrogen and oxygen atoms in total. The second-order valence-electron chi connectivity index (χ2n) is 3.60. The minimum absolute atomic E-state index is 0.0744. The smallest absolute Gasteiger partial charge is 0.271 e. The highest BCUT2D eigenvalue weighted by molar-refractivity contribution is 5.75. The van der Waals surface area contributed by atoms with Crippen LogP contribution in [-0.2, 0) is 6.18 Å². The van der Waals surface area contributed by atoms with Gasteiger partial charge in [0.05, 0.1) is 11.7 Å². The average Bonchev–Trinajstić information content (AvgIpc) is 2.94. The van der Waals surface area contributed by atoms with E-state index in [1.807, 2.05) is 5.10 Å². The first kappa shape index (κ1) is 10.8. The number of H-pyrrole nitrogens is 1. The maximum atomic E-state index is 12.4. The maximum absolute atomic E-state index is 12.4. The van der Waals surface area contributed by atoms with Crippen LogP contribution in [0.25, 0.3) is 16.9 Å². The van der Waals surface area contributed by atoms with Crippen molar-refractivity contribution < 1.29 is 13.2 Å². The van der Waals surface area contributed by atoms with Crippen LogP contribution in [0.2, 0.25) is 0 Å². The van der Waals surface area contributed by atoms with Crippen molar-refractivity contribution in [1.82, 2.24) is 25.0 Å². The van der Waals surface area contributed by atoms with E-state index >= 15 is 0 Å². The Labute approximate surface area is 98.3 Å². The van der Waals surface area contributed by atoms with Gasteiger partial charge in [0.1, 0.15) is 11.2 Å². The predicted molar refractivity (Wildman–Crippen MR) is 56.0 cm³/mol. The summed E-state index contributed by atoms with van der Waals surface area (Å²) in [6.45, 7) is 0. The summed E-state index contributed by atoms with van der Waals surface area (Å²) in [5.74, 6) is 0.0744. The highest BCUT2D eigenvalue weighted by Crippen LogP contribution is 2.28. The van der Waals surface area contributed by atoms with E-state index < -0.39 is 11.9 Å². The van der Waals surface area contributed by atoms with Crippen molar-refractivity contribution in [3.63, 3.8) is 0 Å². The SMILES string of the molecule is FC(F)(F)c1cc(-n2ncc3ncccc32)n[nH]1. The van der Waals surface area contributed by atoms with Crippen LogP contribution < -0.4 is 0 Å². The molecule has 0 spiro atoms. The van der Waals surface area contributed by atoms with E-state index in [9.17, 15) is 13.2 Å². The summed E-state index contributed by atoms with van der Waals surface area (Å²) in [5.41, 5.74) is 0.275. The molecule has 8 heteroatoms. The van der Waals surface area contributed by atoms with Crippen molar-refractivity contribution in [2.75, 3.05) is 0 Å². The Balaban J connectivity index is 2.13. The molecule has 0 atom stereocenters. The van der Waals surface area contributed by atoms with Crippen LogP contribution in [0.15, 0.2) is 30.6 Å². The van der Waals surface area contributed by atoms with Gasteiger partial charge < -0.3 is 0 Å². The molecule has 0 radical (unpaired) electrons. The Morgan fingerprint density at radius 1 is 1.28 bits per heavy atom. The number of nitrogens with one attached hydrogen (secondary N) is 1. The molecule has 3 aromatic rings. The first-order chi connectivity index (χ1) is 8.55. The van der Waals surface area contributed by atoms with Crippen molar-refractivity contribution in [3.8, 4) is 5.82 Å². The number of aromatic nitrogens is 5. The third-order valence-electron chi connectivity index (χ3n) is 2.43. The lowest BCUT2D eigenvalue weighted by atomic mass is 10.4. The van der Waals surface area contributed by atoms with Crippen LogP contribution in [0, 0.1) is 0 Å². The lowest BCUT2D eigenvalue weighted by Crippen LogP contribution is -2.04. The first-order valence-electron chi connectivity index (χ1n) is 4.97. The molecule has 18 heavy (non-hydrogen) atoms. The lowest BCUT2D eigenvalue weighted by molar-refractivity contribution is -0.141. The zero-order valence-corrected chi connectivity index (χ0v) is 8.81. The highest BCUT2D eigenvalue weighted by atomic mass is 19.4. The number of alkyl halides is 3. The minimum Gasteiger partial charge on any atom is -0.271 e. The van der Waals surface area contributed by atoms with E-state index in [1.165, 1.54) is 10.9 Å². The van der Waals surface area contributed by atoms with Gasteiger partial charge in [0.15, 0.2) is 5.82 Å². The fourth-order valence-corrected chi connectivity index (χ4v) is 1.61. The van der Waals surface area contributed by atoms with Gasteiger partial charge in [-0.3, -0.25) is 10.1 Å². The number of rotatable bonds is 1. The molecule has 0 unspecified atom stereocenters. The topological polar surface area (TPSA) is 59.4 Å². The minimum atomic E-state index is -4.45. The van der Waals surface area contributed by atoms with Crippen molar-refractivity contribution >= 4 is 11.0 Å². The molecule has 3 aromatic heterocycles. The summed E-state index contributed by atoms with van der Waals surface area (Å²) in [7, 11) is 0. The number of aromatic amines is 1. The Kier molecular flexibility index (Phi) is 2.12. The largest absolute Gasteiger partial charge is 0.432 e. The number of hydrogen-bond donors (Lipinski definition) is 1. The molecule has 0 aliphatic carbocycles. The van der Waals surface area contributed by atoms with Crippen molar-refractivity contribution in [2.24, 2.45) is 0 Å². The van der Waals surface area contributed by atoms with E-state index in [4.69, 9.17) is 0 Å². The van der Waals surface area contributed by atoms with E-state index in [2.05, 4.69) is 15.2 Å². The van der Waals surface area contributed by atoms with Crippen LogP contribution in [-0.4, -0.2) is 25.0 Å². The Bertz CT molecular complexity index is 697. The molecule has 0 aliphatic heterocycles. The van der Waals surface area contributed by atoms with Gasteiger partial charge in [-0.1, -0.05) is 0 Å². The normalized spacial score (nSPS) is 12.2. The highest BCUT2D eigenvalue weighted by Gasteiger charge is 2.33. The van der Waals surface area contributed by atoms with Gasteiger partial charge in [-0.05, 0) is 12.1 Å². The van der Waals surface area contributed by atoms with Crippen LogP contribution in [0.5, 0.6) is 0 Å².